The highest BCUT2D eigenvalue weighted by Gasteiger charge is 2.35. The van der Waals surface area contributed by atoms with Crippen molar-refractivity contribution in [1.29, 1.82) is 0 Å². The number of hydrogen-bond donors (Lipinski definition) is 2. The van der Waals surface area contributed by atoms with E-state index in [0.29, 0.717) is 39.0 Å². The largest absolute Gasteiger partial charge is 0.390 e. The molecule has 1 aromatic carbocycles. The van der Waals surface area contributed by atoms with Crippen LogP contribution < -0.4 is 10.2 Å². The van der Waals surface area contributed by atoms with Crippen LogP contribution in [0.1, 0.15) is 25.8 Å². The monoisotopic (exact) mass is 331 g/mol. The van der Waals surface area contributed by atoms with E-state index in [9.17, 15) is 14.7 Å². The minimum atomic E-state index is -0.686. The minimum Gasteiger partial charge on any atom is -0.390 e. The van der Waals surface area contributed by atoms with Crippen LogP contribution in [0.25, 0.3) is 0 Å². The number of hydrogen-bond acceptors (Lipinski definition) is 3. The van der Waals surface area contributed by atoms with Crippen molar-refractivity contribution in [2.75, 3.05) is 31.1 Å². The second-order valence-electron chi connectivity index (χ2n) is 7.07. The SMILES string of the molecule is C[C@@H]1CN(C(=O)Cc2ccc(N3CCNC3=O)cc2)CC[C@]1(C)O. The molecule has 1 aromatic rings. The zero-order valence-corrected chi connectivity index (χ0v) is 14.3. The Kier molecular flexibility index (Phi) is 4.49. The lowest BCUT2D eigenvalue weighted by atomic mass is 9.84. The van der Waals surface area contributed by atoms with Gasteiger partial charge >= 0.3 is 6.03 Å². The number of carbonyl (C=O) groups is 2. The molecule has 0 aromatic heterocycles. The summed E-state index contributed by atoms with van der Waals surface area (Å²) in [6, 6.07) is 7.51. The molecule has 130 valence electrons. The zero-order valence-electron chi connectivity index (χ0n) is 14.3. The Hall–Kier alpha value is -2.08. The molecular weight excluding hydrogens is 306 g/mol. The highest BCUT2D eigenvalue weighted by Crippen LogP contribution is 2.27. The van der Waals surface area contributed by atoms with Gasteiger partial charge in [-0.25, -0.2) is 4.79 Å². The van der Waals surface area contributed by atoms with Crippen molar-refractivity contribution >= 4 is 17.6 Å². The van der Waals surface area contributed by atoms with E-state index in [-0.39, 0.29) is 17.9 Å². The molecule has 24 heavy (non-hydrogen) atoms. The quantitative estimate of drug-likeness (QED) is 0.879. The maximum absolute atomic E-state index is 12.5. The molecule has 0 radical (unpaired) electrons. The van der Waals surface area contributed by atoms with E-state index in [0.717, 1.165) is 11.3 Å². The number of anilines is 1. The molecule has 0 aliphatic carbocycles. The second kappa shape index (κ2) is 6.43. The summed E-state index contributed by atoms with van der Waals surface area (Å²) in [6.45, 7) is 6.35. The summed E-state index contributed by atoms with van der Waals surface area (Å²) in [5, 5.41) is 13.0. The van der Waals surface area contributed by atoms with E-state index < -0.39 is 5.60 Å². The molecule has 2 saturated heterocycles. The molecule has 0 spiro atoms. The first kappa shape index (κ1) is 16.8. The molecule has 2 N–H and O–H groups in total. The van der Waals surface area contributed by atoms with Crippen molar-refractivity contribution < 1.29 is 14.7 Å². The molecule has 6 heteroatoms. The molecule has 2 aliphatic heterocycles. The highest BCUT2D eigenvalue weighted by atomic mass is 16.3. The minimum absolute atomic E-state index is 0.0752. The Morgan fingerprint density at radius 1 is 1.33 bits per heavy atom. The molecule has 2 heterocycles. The van der Waals surface area contributed by atoms with Gasteiger partial charge in [0.05, 0.1) is 12.0 Å². The van der Waals surface area contributed by atoms with Crippen LogP contribution in [0.5, 0.6) is 0 Å². The van der Waals surface area contributed by atoms with Gasteiger partial charge in [-0.05, 0) is 31.0 Å². The Bertz CT molecular complexity index is 627. The molecule has 0 saturated carbocycles. The van der Waals surface area contributed by atoms with Crippen LogP contribution >= 0.6 is 0 Å². The van der Waals surface area contributed by atoms with Gasteiger partial charge in [-0.15, -0.1) is 0 Å². The van der Waals surface area contributed by atoms with Gasteiger partial charge in [0.1, 0.15) is 0 Å². The molecule has 2 aliphatic rings. The summed E-state index contributed by atoms with van der Waals surface area (Å²) >= 11 is 0. The number of rotatable bonds is 3. The normalized spacial score (nSPS) is 27.3. The van der Waals surface area contributed by atoms with Crippen LogP contribution in [0.2, 0.25) is 0 Å². The molecule has 2 fully saturated rings. The number of amides is 3. The Balaban J connectivity index is 1.60. The molecule has 3 rings (SSSR count). The summed E-state index contributed by atoms with van der Waals surface area (Å²) in [7, 11) is 0. The first-order valence-corrected chi connectivity index (χ1v) is 8.51. The standard InChI is InChI=1S/C18H25N3O3/c1-13-12-20(9-7-18(13,2)24)16(22)11-14-3-5-15(6-4-14)21-10-8-19-17(21)23/h3-6,13,24H,7-12H2,1-2H3,(H,19,23)/t13-,18+/m1/s1. The van der Waals surface area contributed by atoms with Gasteiger partial charge in [0, 0.05) is 37.8 Å². The maximum atomic E-state index is 12.5. The van der Waals surface area contributed by atoms with Crippen LogP contribution in [0.3, 0.4) is 0 Å². The number of likely N-dealkylation sites (tertiary alicyclic amines) is 1. The number of carbonyl (C=O) groups excluding carboxylic acids is 2. The summed E-state index contributed by atoms with van der Waals surface area (Å²) in [5.74, 6) is 0.162. The summed E-state index contributed by atoms with van der Waals surface area (Å²) in [6.07, 6.45) is 0.963. The third-order valence-electron chi connectivity index (χ3n) is 5.26. The van der Waals surface area contributed by atoms with Crippen molar-refractivity contribution in [2.45, 2.75) is 32.3 Å². The molecule has 3 amide bonds. The number of nitrogens with zero attached hydrogens (tertiary/aromatic N) is 2. The molecule has 6 nitrogen and oxygen atoms in total. The van der Waals surface area contributed by atoms with Gasteiger partial charge in [0.25, 0.3) is 0 Å². The number of piperidine rings is 1. The van der Waals surface area contributed by atoms with E-state index in [1.54, 1.807) is 4.90 Å². The summed E-state index contributed by atoms with van der Waals surface area (Å²) in [4.78, 5) is 27.7. The van der Waals surface area contributed by atoms with Gasteiger partial charge in [-0.2, -0.15) is 0 Å². The fourth-order valence-corrected chi connectivity index (χ4v) is 3.25. The van der Waals surface area contributed by atoms with Crippen molar-refractivity contribution in [3.8, 4) is 0 Å². The van der Waals surface area contributed by atoms with Gasteiger partial charge < -0.3 is 15.3 Å². The van der Waals surface area contributed by atoms with E-state index >= 15 is 0 Å². The lowest BCUT2D eigenvalue weighted by Crippen LogP contribution is -2.51. The summed E-state index contributed by atoms with van der Waals surface area (Å²) < 4.78 is 0. The molecule has 0 unspecified atom stereocenters. The maximum Gasteiger partial charge on any atom is 0.321 e. The average Bonchev–Trinajstić information content (AvgIpc) is 2.97. The van der Waals surface area contributed by atoms with Gasteiger partial charge in [-0.1, -0.05) is 19.1 Å². The first-order valence-electron chi connectivity index (χ1n) is 8.51. The Labute approximate surface area is 142 Å². The zero-order chi connectivity index (χ0) is 17.3. The third-order valence-corrected chi connectivity index (χ3v) is 5.26. The van der Waals surface area contributed by atoms with E-state index in [2.05, 4.69) is 5.32 Å². The average molecular weight is 331 g/mol. The van der Waals surface area contributed by atoms with Crippen LogP contribution in [0, 0.1) is 5.92 Å². The van der Waals surface area contributed by atoms with Gasteiger partial charge in [0.15, 0.2) is 0 Å². The predicted octanol–water partition coefficient (Wildman–Crippen LogP) is 1.38. The van der Waals surface area contributed by atoms with Crippen LogP contribution in [-0.4, -0.2) is 53.7 Å². The topological polar surface area (TPSA) is 72.9 Å². The Morgan fingerprint density at radius 2 is 2.04 bits per heavy atom. The lowest BCUT2D eigenvalue weighted by molar-refractivity contribution is -0.137. The fourth-order valence-electron chi connectivity index (χ4n) is 3.25. The summed E-state index contributed by atoms with van der Waals surface area (Å²) in [5.41, 5.74) is 1.10. The lowest BCUT2D eigenvalue weighted by Gasteiger charge is -2.41. The molecular formula is C18H25N3O3. The number of aliphatic hydroxyl groups is 1. The van der Waals surface area contributed by atoms with Gasteiger partial charge in [0.2, 0.25) is 5.91 Å². The van der Waals surface area contributed by atoms with Crippen molar-refractivity contribution in [3.63, 3.8) is 0 Å². The number of nitrogens with one attached hydrogen (secondary N) is 1. The third kappa shape index (κ3) is 3.38. The van der Waals surface area contributed by atoms with Crippen molar-refractivity contribution in [2.24, 2.45) is 5.92 Å². The van der Waals surface area contributed by atoms with Gasteiger partial charge in [-0.3, -0.25) is 9.69 Å². The smallest absolute Gasteiger partial charge is 0.321 e. The van der Waals surface area contributed by atoms with Crippen LogP contribution in [0.4, 0.5) is 10.5 Å². The van der Waals surface area contributed by atoms with Crippen LogP contribution in [0.15, 0.2) is 24.3 Å². The van der Waals surface area contributed by atoms with E-state index in [1.807, 2.05) is 43.0 Å². The Morgan fingerprint density at radius 3 is 2.62 bits per heavy atom. The van der Waals surface area contributed by atoms with E-state index in [4.69, 9.17) is 0 Å². The number of urea groups is 1. The second-order valence-corrected chi connectivity index (χ2v) is 7.07. The number of benzene rings is 1. The highest BCUT2D eigenvalue weighted by molar-refractivity contribution is 5.94. The van der Waals surface area contributed by atoms with Crippen LogP contribution in [-0.2, 0) is 11.2 Å². The first-order chi connectivity index (χ1) is 11.4. The fraction of sp³-hybridized carbons (Fsp3) is 0.556. The molecule has 0 bridgehead atoms. The molecule has 2 atom stereocenters. The van der Waals surface area contributed by atoms with E-state index in [1.165, 1.54) is 0 Å². The van der Waals surface area contributed by atoms with Crippen molar-refractivity contribution in [1.82, 2.24) is 10.2 Å². The predicted molar refractivity (Wildman–Crippen MR) is 91.9 cm³/mol. The van der Waals surface area contributed by atoms with Crippen molar-refractivity contribution in [3.05, 3.63) is 29.8 Å².